The lowest BCUT2D eigenvalue weighted by molar-refractivity contribution is -0.134. The Morgan fingerprint density at radius 2 is 2.04 bits per heavy atom. The van der Waals surface area contributed by atoms with Gasteiger partial charge >= 0.3 is 6.03 Å². The van der Waals surface area contributed by atoms with Crippen LogP contribution in [0, 0.1) is 12.7 Å². The number of benzene rings is 2. The van der Waals surface area contributed by atoms with Crippen LogP contribution in [0.25, 0.3) is 0 Å². The van der Waals surface area contributed by atoms with Crippen molar-refractivity contribution in [1.29, 1.82) is 0 Å². The third kappa shape index (κ3) is 2.75. The molecule has 1 heterocycles. The van der Waals surface area contributed by atoms with Crippen LogP contribution in [0.4, 0.5) is 14.9 Å². The molecule has 4 amide bonds. The van der Waals surface area contributed by atoms with Crippen molar-refractivity contribution in [2.45, 2.75) is 25.3 Å². The molecular weight excluding hydrogens is 349 g/mol. The van der Waals surface area contributed by atoms with Crippen molar-refractivity contribution in [3.8, 4) is 0 Å². The fourth-order valence-electron chi connectivity index (χ4n) is 3.79. The average molecular weight is 367 g/mol. The minimum Gasteiger partial charge on any atom is -0.322 e. The lowest BCUT2D eigenvalue weighted by Gasteiger charge is -2.22. The highest BCUT2D eigenvalue weighted by molar-refractivity contribution is 6.10. The molecule has 2 aliphatic rings. The molecule has 0 bridgehead atoms. The first-order valence-electron chi connectivity index (χ1n) is 8.69. The molecule has 0 radical (unpaired) electrons. The molecule has 1 aliphatic carbocycles. The van der Waals surface area contributed by atoms with Gasteiger partial charge in [0.2, 0.25) is 5.91 Å². The molecule has 0 saturated carbocycles. The maximum atomic E-state index is 13.9. The summed E-state index contributed by atoms with van der Waals surface area (Å²) < 4.78 is 13.9. The number of hydrogen-bond acceptors (Lipinski definition) is 3. The highest BCUT2D eigenvalue weighted by Crippen LogP contribution is 2.41. The Morgan fingerprint density at radius 1 is 1.26 bits per heavy atom. The van der Waals surface area contributed by atoms with Crippen molar-refractivity contribution in [3.05, 3.63) is 65.0 Å². The molecule has 2 N–H and O–H groups in total. The minimum absolute atomic E-state index is 0.0126. The van der Waals surface area contributed by atoms with Crippen molar-refractivity contribution in [1.82, 2.24) is 10.2 Å². The normalized spacial score (nSPS) is 20.7. The zero-order valence-corrected chi connectivity index (χ0v) is 14.7. The summed E-state index contributed by atoms with van der Waals surface area (Å²) in [4.78, 5) is 38.6. The molecule has 0 unspecified atom stereocenters. The van der Waals surface area contributed by atoms with Gasteiger partial charge in [0.1, 0.15) is 17.9 Å². The molecule has 2 aromatic rings. The summed E-state index contributed by atoms with van der Waals surface area (Å²) in [5.74, 6) is -1.65. The largest absolute Gasteiger partial charge is 0.325 e. The molecule has 138 valence electrons. The lowest BCUT2D eigenvalue weighted by Crippen LogP contribution is -2.43. The molecule has 2 aromatic carbocycles. The van der Waals surface area contributed by atoms with Crippen molar-refractivity contribution < 1.29 is 18.8 Å². The zero-order valence-electron chi connectivity index (χ0n) is 14.7. The molecule has 1 aliphatic heterocycles. The molecule has 1 spiro atoms. The molecule has 0 aromatic heterocycles. The van der Waals surface area contributed by atoms with E-state index >= 15 is 0 Å². The van der Waals surface area contributed by atoms with E-state index in [1.807, 2.05) is 24.3 Å². The van der Waals surface area contributed by atoms with Gasteiger partial charge in [-0.3, -0.25) is 14.5 Å². The molecule has 1 atom stereocenters. The van der Waals surface area contributed by atoms with Gasteiger partial charge < -0.3 is 10.6 Å². The Balaban J connectivity index is 1.53. The summed E-state index contributed by atoms with van der Waals surface area (Å²) in [7, 11) is 0. The number of halogens is 1. The first-order chi connectivity index (χ1) is 12.9. The van der Waals surface area contributed by atoms with Gasteiger partial charge in [-0.1, -0.05) is 30.3 Å². The average Bonchev–Trinajstić information content (AvgIpc) is 3.11. The fourth-order valence-corrected chi connectivity index (χ4v) is 3.79. The predicted molar refractivity (Wildman–Crippen MR) is 96.5 cm³/mol. The maximum Gasteiger partial charge on any atom is 0.325 e. The summed E-state index contributed by atoms with van der Waals surface area (Å²) in [5, 5.41) is 5.17. The van der Waals surface area contributed by atoms with Crippen molar-refractivity contribution in [3.63, 3.8) is 0 Å². The third-order valence-electron chi connectivity index (χ3n) is 5.12. The maximum absolute atomic E-state index is 13.9. The number of nitrogens with zero attached hydrogens (tertiary/aromatic N) is 1. The quantitative estimate of drug-likeness (QED) is 0.818. The van der Waals surface area contributed by atoms with Crippen LogP contribution in [0.15, 0.2) is 42.5 Å². The minimum atomic E-state index is -1.11. The molecule has 7 heteroatoms. The second-order valence-corrected chi connectivity index (χ2v) is 6.92. The number of aryl methyl sites for hydroxylation is 2. The van der Waals surface area contributed by atoms with E-state index < -0.39 is 35.7 Å². The summed E-state index contributed by atoms with van der Waals surface area (Å²) in [6.45, 7) is 1.27. The monoisotopic (exact) mass is 367 g/mol. The third-order valence-corrected chi connectivity index (χ3v) is 5.12. The lowest BCUT2D eigenvalue weighted by atomic mass is 9.92. The van der Waals surface area contributed by atoms with Gasteiger partial charge in [0.25, 0.3) is 5.91 Å². The molecule has 1 fully saturated rings. The van der Waals surface area contributed by atoms with E-state index in [1.54, 1.807) is 13.0 Å². The Morgan fingerprint density at radius 3 is 2.81 bits per heavy atom. The number of imide groups is 1. The first kappa shape index (κ1) is 17.2. The van der Waals surface area contributed by atoms with E-state index in [0.717, 1.165) is 21.6 Å². The molecule has 27 heavy (non-hydrogen) atoms. The number of fused-ring (bicyclic) bond motifs is 2. The molecular formula is C20H18FN3O3. The first-order valence-corrected chi connectivity index (χ1v) is 8.69. The highest BCUT2D eigenvalue weighted by atomic mass is 19.1. The number of anilines is 1. The molecule has 4 rings (SSSR count). The summed E-state index contributed by atoms with van der Waals surface area (Å²) >= 11 is 0. The van der Waals surface area contributed by atoms with E-state index in [-0.39, 0.29) is 5.69 Å². The van der Waals surface area contributed by atoms with Crippen LogP contribution in [0.5, 0.6) is 0 Å². The van der Waals surface area contributed by atoms with Crippen LogP contribution in [0.2, 0.25) is 0 Å². The number of urea groups is 1. The summed E-state index contributed by atoms with van der Waals surface area (Å²) in [6, 6.07) is 11.3. The van der Waals surface area contributed by atoms with Crippen LogP contribution < -0.4 is 10.6 Å². The van der Waals surface area contributed by atoms with E-state index in [9.17, 15) is 18.8 Å². The van der Waals surface area contributed by atoms with Gasteiger partial charge in [-0.05, 0) is 48.6 Å². The van der Waals surface area contributed by atoms with E-state index in [2.05, 4.69) is 10.6 Å². The summed E-state index contributed by atoms with van der Waals surface area (Å²) in [5.41, 5.74) is 1.42. The standard InChI is InChI=1S/C20H18FN3O3/c1-12-6-7-16(15(21)10-12)22-17(25)11-24-18(26)20(23-19(24)27)9-8-13-4-2-3-5-14(13)20/h2-7,10H,8-9,11H2,1H3,(H,22,25)(H,23,27)/t20-/m0/s1. The second-order valence-electron chi connectivity index (χ2n) is 6.92. The van der Waals surface area contributed by atoms with Crippen LogP contribution in [0.3, 0.4) is 0 Å². The van der Waals surface area contributed by atoms with Crippen molar-refractivity contribution in [2.75, 3.05) is 11.9 Å². The Bertz CT molecular complexity index is 975. The van der Waals surface area contributed by atoms with Gasteiger partial charge in [-0.2, -0.15) is 0 Å². The highest BCUT2D eigenvalue weighted by Gasteiger charge is 2.55. The Kier molecular flexibility index (Phi) is 3.95. The van der Waals surface area contributed by atoms with Gasteiger partial charge in [0.15, 0.2) is 0 Å². The van der Waals surface area contributed by atoms with Crippen LogP contribution in [0.1, 0.15) is 23.1 Å². The molecule has 6 nitrogen and oxygen atoms in total. The molecule has 1 saturated heterocycles. The van der Waals surface area contributed by atoms with Crippen LogP contribution >= 0.6 is 0 Å². The van der Waals surface area contributed by atoms with Gasteiger partial charge in [0, 0.05) is 0 Å². The number of carbonyl (C=O) groups is 3. The van der Waals surface area contributed by atoms with E-state index in [0.29, 0.717) is 12.8 Å². The smallest absolute Gasteiger partial charge is 0.322 e. The number of hydrogen-bond donors (Lipinski definition) is 2. The zero-order chi connectivity index (χ0) is 19.2. The van der Waals surface area contributed by atoms with Gasteiger partial charge in [-0.15, -0.1) is 0 Å². The SMILES string of the molecule is Cc1ccc(NC(=O)CN2C(=O)N[C@]3(CCc4ccccc43)C2=O)c(F)c1. The van der Waals surface area contributed by atoms with Gasteiger partial charge in [0.05, 0.1) is 5.69 Å². The predicted octanol–water partition coefficient (Wildman–Crippen LogP) is 2.47. The van der Waals surface area contributed by atoms with Crippen LogP contribution in [-0.2, 0) is 21.5 Å². The Hall–Kier alpha value is -3.22. The number of rotatable bonds is 3. The van der Waals surface area contributed by atoms with Crippen molar-refractivity contribution >= 4 is 23.5 Å². The number of carbonyl (C=O) groups excluding carboxylic acids is 3. The second kappa shape index (κ2) is 6.19. The fraction of sp³-hybridized carbons (Fsp3) is 0.250. The van der Waals surface area contributed by atoms with Gasteiger partial charge in [-0.25, -0.2) is 9.18 Å². The Labute approximate surface area is 155 Å². The van der Waals surface area contributed by atoms with Crippen molar-refractivity contribution in [2.24, 2.45) is 0 Å². The van der Waals surface area contributed by atoms with E-state index in [4.69, 9.17) is 0 Å². The summed E-state index contributed by atoms with van der Waals surface area (Å²) in [6.07, 6.45) is 1.14. The number of nitrogens with one attached hydrogen (secondary N) is 2. The number of amides is 4. The van der Waals surface area contributed by atoms with Crippen LogP contribution in [-0.4, -0.2) is 29.3 Å². The van der Waals surface area contributed by atoms with E-state index in [1.165, 1.54) is 12.1 Å². The topological polar surface area (TPSA) is 78.5 Å².